The predicted octanol–water partition coefficient (Wildman–Crippen LogP) is 9.76. The summed E-state index contributed by atoms with van der Waals surface area (Å²) in [5, 5.41) is 40.0. The molecule has 2 aromatic heterocycles. The molecule has 0 aliphatic carbocycles. The Morgan fingerprint density at radius 1 is 0.734 bits per heavy atom. The number of allylic oxidation sites excluding steroid dienone is 11. The van der Waals surface area contributed by atoms with Crippen LogP contribution in [0.4, 0.5) is 0 Å². The molecule has 1 unspecified atom stereocenters. The van der Waals surface area contributed by atoms with Crippen LogP contribution in [0.15, 0.2) is 75.3 Å². The molecular formula is C54H74N4O6. The summed E-state index contributed by atoms with van der Waals surface area (Å²) in [7, 11) is 0. The first kappa shape index (κ1) is 49.7. The molecule has 0 spiro atoms. The molecule has 5 atom stereocenters. The Kier molecular flexibility index (Phi) is 17.9. The second-order valence-corrected chi connectivity index (χ2v) is 18.7. The number of aliphatic hydroxyl groups excluding tert-OH is 1. The molecule has 1 fully saturated rings. The number of fused-ring (bicyclic) bond motifs is 8. The highest BCUT2D eigenvalue weighted by Gasteiger charge is 2.38. The van der Waals surface area contributed by atoms with Gasteiger partial charge in [0, 0.05) is 70.0 Å². The van der Waals surface area contributed by atoms with Crippen LogP contribution in [0, 0.1) is 24.7 Å². The number of aromatic nitrogens is 2. The topological polar surface area (TPSA) is 168 Å². The molecule has 3 aliphatic rings. The minimum Gasteiger partial charge on any atom is -0.481 e. The van der Waals surface area contributed by atoms with Gasteiger partial charge in [-0.1, -0.05) is 60.4 Å². The molecule has 0 aromatic carbocycles. The van der Waals surface area contributed by atoms with Gasteiger partial charge in [-0.25, -0.2) is 0 Å². The van der Waals surface area contributed by atoms with E-state index in [1.54, 1.807) is 0 Å². The third-order valence-corrected chi connectivity index (χ3v) is 13.6. The van der Waals surface area contributed by atoms with E-state index >= 15 is 0 Å². The molecule has 0 amide bonds. The van der Waals surface area contributed by atoms with Crippen LogP contribution in [0.5, 0.6) is 0 Å². The van der Waals surface area contributed by atoms with Crippen molar-refractivity contribution in [2.75, 3.05) is 0 Å². The van der Waals surface area contributed by atoms with Crippen molar-refractivity contribution < 1.29 is 29.7 Å². The third-order valence-electron chi connectivity index (χ3n) is 13.6. The van der Waals surface area contributed by atoms with Gasteiger partial charge in [0.15, 0.2) is 6.29 Å². The van der Waals surface area contributed by atoms with Crippen LogP contribution in [0.2, 0.25) is 0 Å². The van der Waals surface area contributed by atoms with Gasteiger partial charge in [0.05, 0.1) is 17.5 Å². The Hall–Kier alpha value is -5.35. The van der Waals surface area contributed by atoms with E-state index < -0.39 is 18.0 Å². The highest BCUT2D eigenvalue weighted by Crippen LogP contribution is 2.39. The molecule has 5 rings (SSSR count). The van der Waals surface area contributed by atoms with Crippen LogP contribution in [0.1, 0.15) is 164 Å². The number of aliphatic hydroxyl groups is 1. The number of nitrogens with one attached hydrogen (secondary N) is 4. The number of aromatic amines is 2. The summed E-state index contributed by atoms with van der Waals surface area (Å²) >= 11 is 0. The number of carboxylic acids is 2. The number of hydrogen-bond acceptors (Lipinski definition) is 6. The molecule has 8 bridgehead atoms. The highest BCUT2D eigenvalue weighted by atomic mass is 16.4. The first-order chi connectivity index (χ1) is 30.5. The Balaban J connectivity index is 1.45. The molecule has 3 aliphatic heterocycles. The van der Waals surface area contributed by atoms with Gasteiger partial charge in [-0.15, -0.1) is 0 Å². The molecule has 0 radical (unpaired) electrons. The van der Waals surface area contributed by atoms with Crippen molar-refractivity contribution in [2.45, 2.75) is 158 Å². The SMILES string of the molecule is CC[C@@H]1/C2=C\c3[nH]c(c(CCC(=O)O)c3C)/C=c3\[nH]/c(c(C=O)c3CCC(=O)O)=C\C3=C(C)[C@@H]([C@@H](O)CC/C=C(\C)CC/C=C(\C)CC/C=C(\C)CCC=C(C)C)C(/C=C(/N2)[C@H]1C)N3. The van der Waals surface area contributed by atoms with Crippen molar-refractivity contribution in [3.8, 4) is 0 Å². The predicted molar refractivity (Wildman–Crippen MR) is 260 cm³/mol. The number of rotatable bonds is 21. The van der Waals surface area contributed by atoms with Crippen LogP contribution in [0.25, 0.3) is 18.2 Å². The molecule has 5 heterocycles. The van der Waals surface area contributed by atoms with E-state index in [4.69, 9.17) is 0 Å². The zero-order valence-corrected chi connectivity index (χ0v) is 39.8. The lowest BCUT2D eigenvalue weighted by molar-refractivity contribution is -0.138. The summed E-state index contributed by atoms with van der Waals surface area (Å²) in [5.74, 6) is -1.72. The Labute approximate surface area is 380 Å². The monoisotopic (exact) mass is 875 g/mol. The fraction of sp³-hybridized carbons (Fsp3) is 0.500. The normalized spacial score (nSPS) is 23.1. The van der Waals surface area contributed by atoms with Gasteiger partial charge in [-0.2, -0.15) is 0 Å². The summed E-state index contributed by atoms with van der Waals surface area (Å²) in [6, 6.07) is -0.237. The fourth-order valence-electron chi connectivity index (χ4n) is 9.70. The van der Waals surface area contributed by atoms with Crippen LogP contribution >= 0.6 is 0 Å². The van der Waals surface area contributed by atoms with Crippen molar-refractivity contribution >= 4 is 36.5 Å². The van der Waals surface area contributed by atoms with Gasteiger partial charge in [0.2, 0.25) is 0 Å². The second-order valence-electron chi connectivity index (χ2n) is 18.7. The van der Waals surface area contributed by atoms with E-state index in [-0.39, 0.29) is 43.1 Å². The summed E-state index contributed by atoms with van der Waals surface area (Å²) in [4.78, 5) is 43.5. The van der Waals surface area contributed by atoms with E-state index in [0.717, 1.165) is 97.1 Å². The summed E-state index contributed by atoms with van der Waals surface area (Å²) in [6.07, 6.45) is 26.4. The highest BCUT2D eigenvalue weighted by molar-refractivity contribution is 5.80. The number of hydrogen-bond donors (Lipinski definition) is 7. The summed E-state index contributed by atoms with van der Waals surface area (Å²) in [5.41, 5.74) is 13.8. The quantitative estimate of drug-likeness (QED) is 0.0481. The zero-order valence-electron chi connectivity index (χ0n) is 39.8. The zero-order chi connectivity index (χ0) is 46.7. The maximum absolute atomic E-state index is 12.9. The first-order valence-corrected chi connectivity index (χ1v) is 23.5. The maximum Gasteiger partial charge on any atom is 0.303 e. The van der Waals surface area contributed by atoms with Crippen LogP contribution < -0.4 is 21.3 Å². The van der Waals surface area contributed by atoms with Crippen molar-refractivity contribution in [1.82, 2.24) is 20.6 Å². The molecule has 1 saturated heterocycles. The van der Waals surface area contributed by atoms with Crippen LogP contribution in [-0.2, 0) is 22.4 Å². The number of aldehydes is 1. The van der Waals surface area contributed by atoms with E-state index in [9.17, 15) is 29.7 Å². The summed E-state index contributed by atoms with van der Waals surface area (Å²) in [6.45, 7) is 19.4. The number of carbonyl (C=O) groups is 3. The van der Waals surface area contributed by atoms with Crippen molar-refractivity contribution in [3.63, 3.8) is 0 Å². The smallest absolute Gasteiger partial charge is 0.303 e. The van der Waals surface area contributed by atoms with Gasteiger partial charge < -0.3 is 35.9 Å². The Morgan fingerprint density at radius 3 is 1.91 bits per heavy atom. The largest absolute Gasteiger partial charge is 0.481 e. The second kappa shape index (κ2) is 23.0. The molecule has 64 heavy (non-hydrogen) atoms. The average Bonchev–Trinajstić information content (AvgIpc) is 3.91. The molecule has 0 saturated carbocycles. The lowest BCUT2D eigenvalue weighted by atomic mass is 9.85. The third kappa shape index (κ3) is 12.9. The van der Waals surface area contributed by atoms with E-state index in [1.807, 2.05) is 26.0 Å². The molecular weight excluding hydrogens is 801 g/mol. The van der Waals surface area contributed by atoms with Crippen LogP contribution in [-0.4, -0.2) is 55.7 Å². The lowest BCUT2D eigenvalue weighted by Crippen LogP contribution is -2.35. The standard InChI is InChI=1S/C54H74N4O6/c1-10-39-36(7)44-29-50-54(51(60)22-14-21-35(6)20-13-19-34(5)18-12-17-33(4)16-11-15-32(2)3)38(9)45(57-50)28-49-42(31-59)41(24-26-53(63)64)48(58-49)30-47-40(23-25-52(61)62)37(8)43(56-47)27-46(39)55-44/h15,17,19,21,27-31,36,39,50-51,54-58,60H,10-14,16,18,20,22-26H2,1-9H3,(H,61,62)(H,63,64)/b33-17+,34-19+,35-21+,44-29+,46-27+,48-30-,49-28-/t36-,39-,50?,51-,54+/m0/s1. The van der Waals surface area contributed by atoms with Gasteiger partial charge in [0.25, 0.3) is 0 Å². The number of carbonyl (C=O) groups excluding carboxylic acids is 1. The number of aliphatic carboxylic acids is 2. The van der Waals surface area contributed by atoms with E-state index in [1.165, 1.54) is 22.3 Å². The maximum atomic E-state index is 12.9. The summed E-state index contributed by atoms with van der Waals surface area (Å²) < 4.78 is 0. The molecule has 10 heteroatoms. The van der Waals surface area contributed by atoms with Crippen LogP contribution in [0.3, 0.4) is 0 Å². The van der Waals surface area contributed by atoms with Gasteiger partial charge in [0.1, 0.15) is 0 Å². The van der Waals surface area contributed by atoms with E-state index in [0.29, 0.717) is 40.4 Å². The van der Waals surface area contributed by atoms with E-state index in [2.05, 4.69) is 106 Å². The van der Waals surface area contributed by atoms with Crippen molar-refractivity contribution in [2.24, 2.45) is 17.8 Å². The minimum absolute atomic E-state index is 0.0542. The van der Waals surface area contributed by atoms with Gasteiger partial charge >= 0.3 is 11.9 Å². The molecule has 7 N–H and O–H groups in total. The number of carboxylic acid groups (broad SMARTS) is 2. The van der Waals surface area contributed by atoms with Gasteiger partial charge in [-0.3, -0.25) is 14.4 Å². The Bertz CT molecular complexity index is 2390. The number of H-pyrrole nitrogens is 2. The average molecular weight is 875 g/mol. The Morgan fingerprint density at radius 2 is 1.33 bits per heavy atom. The molecule has 10 nitrogen and oxygen atoms in total. The molecule has 346 valence electrons. The molecule has 2 aromatic rings. The van der Waals surface area contributed by atoms with Gasteiger partial charge in [-0.05, 0) is 166 Å². The lowest BCUT2D eigenvalue weighted by Gasteiger charge is -2.25. The van der Waals surface area contributed by atoms with Crippen molar-refractivity contribution in [3.05, 3.63) is 120 Å². The minimum atomic E-state index is -0.974. The fourth-order valence-corrected chi connectivity index (χ4v) is 9.70. The first-order valence-electron chi connectivity index (χ1n) is 23.5. The van der Waals surface area contributed by atoms with Crippen molar-refractivity contribution in [1.29, 1.82) is 0 Å².